The normalized spacial score (nSPS) is 12.2. The molecule has 0 fully saturated rings. The second-order valence-corrected chi connectivity index (χ2v) is 14.8. The standard InChI is InChI=1S/C23H18F3N5O2.C15H13ClFN3O2.C7H5F2N3.CH4/c1-27-22-14(21(25)26)8-7-12(29-22)9-13-10-17(19-18(28-13)11-31(2)23(19)32)30-16-6-4-5-15(24)20(16)33-3;1-20-7-11-13(15(20)21)10(6-12(16)19-11)18-9-5-3-4-8(17)14(9)22-2;1-11-7-4(6(8)9)2-3-5(10)12-7;/h4-8,10,21H,9,11H2,2-3H3,(H,28,30);3-6H,7H2,1-2H3,(H,18,19);2-3,6H,(H2,10,12);1H4. The quantitative estimate of drug-likeness (QED) is 0.0678. The van der Waals surface area contributed by atoms with Gasteiger partial charge in [0.05, 0.1) is 84.7 Å². The molecule has 2 amide bonds. The van der Waals surface area contributed by atoms with E-state index in [1.54, 1.807) is 49.3 Å². The Kier molecular flexibility index (Phi) is 16.4. The zero-order valence-electron chi connectivity index (χ0n) is 35.6. The molecule has 22 heteroatoms. The maximum Gasteiger partial charge on any atom is 0.280 e. The number of para-hydroxylation sites is 2. The van der Waals surface area contributed by atoms with Gasteiger partial charge >= 0.3 is 0 Å². The van der Waals surface area contributed by atoms with Crippen LogP contribution in [0, 0.1) is 24.8 Å². The SMILES string of the molecule is C.COc1c(F)cccc1Nc1cc(Cl)nc2c1C(=O)N(C)C2.[C-]#[N+]c1nc(Cc2cc(Nc3cccc(F)c3OC)c3c(n2)CN(C)C3=O)ccc1C(F)F.[C-]#[N+]c1nc(N)ccc1C(F)F. The van der Waals surface area contributed by atoms with E-state index >= 15 is 0 Å². The predicted octanol–water partition coefficient (Wildman–Crippen LogP) is 11.0. The fourth-order valence-electron chi connectivity index (χ4n) is 6.88. The molecule has 2 aliphatic heterocycles. The van der Waals surface area contributed by atoms with Crippen LogP contribution in [0.2, 0.25) is 5.15 Å². The Morgan fingerprint density at radius 2 is 1.16 bits per heavy atom. The van der Waals surface area contributed by atoms with E-state index in [9.17, 15) is 35.9 Å². The van der Waals surface area contributed by atoms with Gasteiger partial charge in [0.15, 0.2) is 23.1 Å². The minimum Gasteiger partial charge on any atom is -0.492 e. The van der Waals surface area contributed by atoms with Gasteiger partial charge < -0.3 is 45.3 Å². The summed E-state index contributed by atoms with van der Waals surface area (Å²) in [5, 5.41) is 6.35. The van der Waals surface area contributed by atoms with Crippen molar-refractivity contribution in [3.05, 3.63) is 157 Å². The highest BCUT2D eigenvalue weighted by molar-refractivity contribution is 6.30. The van der Waals surface area contributed by atoms with Gasteiger partial charge in [-0.15, -0.1) is 9.97 Å². The van der Waals surface area contributed by atoms with Crippen LogP contribution in [0.5, 0.6) is 11.5 Å². The third kappa shape index (κ3) is 11.1. The number of hydrogen-bond acceptors (Lipinski definition) is 11. The molecule has 0 saturated carbocycles. The molecule has 4 N–H and O–H groups in total. The molecule has 352 valence electrons. The highest BCUT2D eigenvalue weighted by atomic mass is 35.5. The lowest BCUT2D eigenvalue weighted by molar-refractivity contribution is 0.0809. The first-order valence-corrected chi connectivity index (χ1v) is 19.9. The van der Waals surface area contributed by atoms with Gasteiger partial charge in [0, 0.05) is 31.3 Å². The number of carbonyl (C=O) groups excluding carboxylic acids is 2. The van der Waals surface area contributed by atoms with Crippen LogP contribution in [0.25, 0.3) is 9.69 Å². The minimum absolute atomic E-state index is 0. The van der Waals surface area contributed by atoms with Crippen LogP contribution in [-0.2, 0) is 19.5 Å². The topological polar surface area (TPSA) is 169 Å². The average molecular weight is 960 g/mol. The van der Waals surface area contributed by atoms with Gasteiger partial charge in [0.1, 0.15) is 10.8 Å². The van der Waals surface area contributed by atoms with Gasteiger partial charge in [-0.3, -0.25) is 14.6 Å². The zero-order valence-corrected chi connectivity index (χ0v) is 36.4. The number of aromatic nitrogens is 4. The van der Waals surface area contributed by atoms with Crippen molar-refractivity contribution in [3.63, 3.8) is 0 Å². The molecule has 2 aromatic carbocycles. The molecular weight excluding hydrogens is 920 g/mol. The number of fused-ring (bicyclic) bond motifs is 2. The number of halogens is 7. The van der Waals surface area contributed by atoms with Crippen LogP contribution in [0.3, 0.4) is 0 Å². The van der Waals surface area contributed by atoms with E-state index in [2.05, 4.69) is 40.3 Å². The van der Waals surface area contributed by atoms with Crippen molar-refractivity contribution in [2.45, 2.75) is 39.8 Å². The smallest absolute Gasteiger partial charge is 0.280 e. The number of nitrogen functional groups attached to an aromatic ring is 1. The summed E-state index contributed by atoms with van der Waals surface area (Å²) in [6, 6.07) is 17.0. The van der Waals surface area contributed by atoms with Gasteiger partial charge in [-0.1, -0.05) is 56.4 Å². The summed E-state index contributed by atoms with van der Waals surface area (Å²) in [6.45, 7) is 14.4. The first-order chi connectivity index (χ1) is 32.0. The number of amides is 2. The molecule has 0 radical (unpaired) electrons. The lowest BCUT2D eigenvalue weighted by Crippen LogP contribution is -2.18. The van der Waals surface area contributed by atoms with Crippen LogP contribution < -0.4 is 25.8 Å². The van der Waals surface area contributed by atoms with Crippen LogP contribution in [-0.4, -0.2) is 69.9 Å². The molecule has 15 nitrogen and oxygen atoms in total. The number of ether oxygens (including phenoxy) is 2. The Bertz CT molecular complexity index is 2970. The van der Waals surface area contributed by atoms with E-state index in [-0.39, 0.29) is 71.9 Å². The van der Waals surface area contributed by atoms with E-state index in [0.29, 0.717) is 63.2 Å². The fraction of sp³-hybridized carbons (Fsp3) is 0.217. The van der Waals surface area contributed by atoms with Crippen LogP contribution in [0.4, 0.5) is 66.5 Å². The van der Waals surface area contributed by atoms with Crippen molar-refractivity contribution >= 4 is 63.6 Å². The Labute approximate surface area is 391 Å². The molecule has 8 rings (SSSR count). The largest absolute Gasteiger partial charge is 0.492 e. The number of hydrogen-bond donors (Lipinski definition) is 3. The summed E-state index contributed by atoms with van der Waals surface area (Å²) in [5.74, 6) is -2.00. The summed E-state index contributed by atoms with van der Waals surface area (Å²) < 4.78 is 88.5. The Hall–Kier alpha value is -8.17. The summed E-state index contributed by atoms with van der Waals surface area (Å²) in [4.78, 5) is 50.1. The molecule has 6 aromatic rings. The molecule has 4 aromatic heterocycles. The fourth-order valence-corrected chi connectivity index (χ4v) is 7.09. The summed E-state index contributed by atoms with van der Waals surface area (Å²) in [6.07, 6.45) is -5.33. The third-order valence-corrected chi connectivity index (χ3v) is 10.1. The molecule has 0 aliphatic carbocycles. The summed E-state index contributed by atoms with van der Waals surface area (Å²) >= 11 is 6.01. The first kappa shape index (κ1) is 50.8. The first-order valence-electron chi connectivity index (χ1n) is 19.5. The maximum absolute atomic E-state index is 14.2. The summed E-state index contributed by atoms with van der Waals surface area (Å²) in [7, 11) is 6.05. The van der Waals surface area contributed by atoms with Gasteiger partial charge in [-0.2, -0.15) is 0 Å². The Morgan fingerprint density at radius 3 is 1.65 bits per heavy atom. The number of nitrogens with two attached hydrogens (primary N) is 1. The summed E-state index contributed by atoms with van der Waals surface area (Å²) in [5.41, 5.74) is 8.82. The Balaban J connectivity index is 0.000000212. The van der Waals surface area contributed by atoms with E-state index in [1.165, 1.54) is 55.5 Å². The van der Waals surface area contributed by atoms with Crippen molar-refractivity contribution < 1.29 is 45.4 Å². The molecule has 6 heterocycles. The minimum atomic E-state index is -2.80. The van der Waals surface area contributed by atoms with Crippen molar-refractivity contribution in [3.8, 4) is 11.5 Å². The maximum atomic E-state index is 14.2. The van der Waals surface area contributed by atoms with E-state index in [1.807, 2.05) is 0 Å². The number of nitrogens with one attached hydrogen (secondary N) is 2. The van der Waals surface area contributed by atoms with Crippen LogP contribution in [0.1, 0.15) is 74.9 Å². The van der Waals surface area contributed by atoms with Gasteiger partial charge in [-0.05, 0) is 42.5 Å². The lowest BCUT2D eigenvalue weighted by Gasteiger charge is -2.15. The molecule has 0 saturated heterocycles. The van der Waals surface area contributed by atoms with Crippen molar-refractivity contribution in [1.82, 2.24) is 29.7 Å². The molecule has 2 aliphatic rings. The van der Waals surface area contributed by atoms with Gasteiger partial charge in [0.2, 0.25) is 5.82 Å². The number of anilines is 5. The van der Waals surface area contributed by atoms with Crippen molar-refractivity contribution in [2.24, 2.45) is 0 Å². The third-order valence-electron chi connectivity index (χ3n) is 9.92. The lowest BCUT2D eigenvalue weighted by atomic mass is 10.1. The second-order valence-electron chi connectivity index (χ2n) is 14.4. The predicted molar refractivity (Wildman–Crippen MR) is 242 cm³/mol. The van der Waals surface area contributed by atoms with Gasteiger partial charge in [-0.25, -0.2) is 31.3 Å². The number of carbonyl (C=O) groups is 2. The molecule has 68 heavy (non-hydrogen) atoms. The van der Waals surface area contributed by atoms with Crippen molar-refractivity contribution in [1.29, 1.82) is 0 Å². The molecule has 0 atom stereocenters. The monoisotopic (exact) mass is 959 g/mol. The van der Waals surface area contributed by atoms with Crippen LogP contribution >= 0.6 is 11.6 Å². The van der Waals surface area contributed by atoms with E-state index < -0.39 is 30.0 Å². The Morgan fingerprint density at radius 1 is 0.691 bits per heavy atom. The number of benzene rings is 2. The van der Waals surface area contributed by atoms with Crippen LogP contribution in [0.15, 0.2) is 72.8 Å². The van der Waals surface area contributed by atoms with E-state index in [4.69, 9.17) is 40.0 Å². The van der Waals surface area contributed by atoms with Crippen molar-refractivity contribution in [2.75, 3.05) is 44.7 Å². The highest BCUT2D eigenvalue weighted by Gasteiger charge is 2.32. The van der Waals surface area contributed by atoms with Gasteiger partial charge in [0.25, 0.3) is 36.3 Å². The molecule has 0 unspecified atom stereocenters. The molecular formula is C46H40ClF6N11O4. The average Bonchev–Trinajstić information content (AvgIpc) is 3.74. The second kappa shape index (κ2) is 21.9. The number of pyridine rings is 4. The highest BCUT2D eigenvalue weighted by Crippen LogP contribution is 2.38. The number of alkyl halides is 4. The molecule has 0 spiro atoms. The van der Waals surface area contributed by atoms with E-state index in [0.717, 1.165) is 6.07 Å². The zero-order chi connectivity index (χ0) is 48.7. The molecule has 0 bridgehead atoms. The number of rotatable bonds is 10. The number of nitrogens with zero attached hydrogens (tertiary/aromatic N) is 8. The number of methoxy groups -OCH3 is 2.